The normalized spacial score (nSPS) is 16.0. The van der Waals surface area contributed by atoms with Gasteiger partial charge >= 0.3 is 6.09 Å². The Morgan fingerprint density at radius 3 is 2.33 bits per heavy atom. The number of piperazine rings is 1. The minimum absolute atomic E-state index is 0.236. The first kappa shape index (κ1) is 15.5. The second-order valence-corrected chi connectivity index (χ2v) is 6.47. The first-order valence-electron chi connectivity index (χ1n) is 7.36. The van der Waals surface area contributed by atoms with Gasteiger partial charge in [0.05, 0.1) is 11.4 Å². The highest BCUT2D eigenvalue weighted by Gasteiger charge is 2.26. The molecule has 0 radical (unpaired) electrons. The van der Waals surface area contributed by atoms with Gasteiger partial charge in [-0.05, 0) is 39.3 Å². The first-order chi connectivity index (χ1) is 9.78. The number of para-hydroxylation sites is 1. The monoisotopic (exact) mass is 291 g/mol. The number of carbonyl (C=O) groups is 1. The van der Waals surface area contributed by atoms with E-state index in [1.54, 1.807) is 4.90 Å². The summed E-state index contributed by atoms with van der Waals surface area (Å²) in [6, 6.07) is 5.94. The van der Waals surface area contributed by atoms with Crippen LogP contribution in [0.4, 0.5) is 16.2 Å². The fraction of sp³-hybridized carbons (Fsp3) is 0.562. The molecule has 0 aromatic heterocycles. The van der Waals surface area contributed by atoms with Gasteiger partial charge in [-0.3, -0.25) is 0 Å². The number of aryl methyl sites for hydroxylation is 1. The minimum Gasteiger partial charge on any atom is -0.444 e. The highest BCUT2D eigenvalue weighted by atomic mass is 16.6. The number of nitrogens with two attached hydrogens (primary N) is 1. The molecule has 0 spiro atoms. The van der Waals surface area contributed by atoms with Gasteiger partial charge in [-0.2, -0.15) is 0 Å². The van der Waals surface area contributed by atoms with Gasteiger partial charge in [0, 0.05) is 26.2 Å². The lowest BCUT2D eigenvalue weighted by atomic mass is 10.1. The van der Waals surface area contributed by atoms with Crippen molar-refractivity contribution in [2.75, 3.05) is 36.8 Å². The molecule has 0 bridgehead atoms. The van der Waals surface area contributed by atoms with E-state index in [9.17, 15) is 4.79 Å². The molecule has 1 aliphatic rings. The SMILES string of the molecule is Cc1cccc(N)c1N1CCN(C(=O)OC(C)(C)C)CC1. The first-order valence-corrected chi connectivity index (χ1v) is 7.36. The second kappa shape index (κ2) is 5.84. The Bertz CT molecular complexity index is 494. The molecule has 5 nitrogen and oxygen atoms in total. The van der Waals surface area contributed by atoms with E-state index in [1.807, 2.05) is 32.9 Å². The topological polar surface area (TPSA) is 58.8 Å². The summed E-state index contributed by atoms with van der Waals surface area (Å²) in [7, 11) is 0. The maximum atomic E-state index is 12.1. The number of benzene rings is 1. The summed E-state index contributed by atoms with van der Waals surface area (Å²) in [5.41, 5.74) is 8.68. The number of hydrogen-bond acceptors (Lipinski definition) is 4. The van der Waals surface area contributed by atoms with Crippen LogP contribution >= 0.6 is 0 Å². The third-order valence-corrected chi connectivity index (χ3v) is 3.52. The molecule has 0 saturated carbocycles. The van der Waals surface area contributed by atoms with Crippen molar-refractivity contribution in [2.45, 2.75) is 33.3 Å². The van der Waals surface area contributed by atoms with Crippen LogP contribution in [0.2, 0.25) is 0 Å². The minimum atomic E-state index is -0.450. The average molecular weight is 291 g/mol. The smallest absolute Gasteiger partial charge is 0.410 e. The Morgan fingerprint density at radius 1 is 1.19 bits per heavy atom. The van der Waals surface area contributed by atoms with Gasteiger partial charge in [0.25, 0.3) is 0 Å². The van der Waals surface area contributed by atoms with Crippen molar-refractivity contribution in [3.8, 4) is 0 Å². The Kier molecular flexibility index (Phi) is 4.30. The summed E-state index contributed by atoms with van der Waals surface area (Å²) in [5.74, 6) is 0. The van der Waals surface area contributed by atoms with Crippen molar-refractivity contribution in [2.24, 2.45) is 0 Å². The zero-order chi connectivity index (χ0) is 15.6. The third-order valence-electron chi connectivity index (χ3n) is 3.52. The number of carbonyl (C=O) groups excluding carboxylic acids is 1. The molecule has 1 aromatic rings. The number of anilines is 2. The van der Waals surface area contributed by atoms with Crippen LogP contribution in [-0.2, 0) is 4.74 Å². The van der Waals surface area contributed by atoms with Crippen LogP contribution in [-0.4, -0.2) is 42.8 Å². The molecule has 2 rings (SSSR count). The number of rotatable bonds is 1. The van der Waals surface area contributed by atoms with Crippen molar-refractivity contribution in [3.63, 3.8) is 0 Å². The van der Waals surface area contributed by atoms with Gasteiger partial charge < -0.3 is 20.3 Å². The van der Waals surface area contributed by atoms with Gasteiger partial charge in [0.1, 0.15) is 5.60 Å². The predicted octanol–water partition coefficient (Wildman–Crippen LogP) is 2.63. The predicted molar refractivity (Wildman–Crippen MR) is 85.6 cm³/mol. The maximum absolute atomic E-state index is 12.1. The zero-order valence-corrected chi connectivity index (χ0v) is 13.3. The van der Waals surface area contributed by atoms with Crippen LogP contribution in [0, 0.1) is 6.92 Å². The molecule has 1 aromatic carbocycles. The second-order valence-electron chi connectivity index (χ2n) is 6.47. The van der Waals surface area contributed by atoms with E-state index in [4.69, 9.17) is 10.5 Å². The molecule has 5 heteroatoms. The van der Waals surface area contributed by atoms with E-state index in [0.717, 1.165) is 24.5 Å². The number of nitrogen functional groups attached to an aromatic ring is 1. The Labute approximate surface area is 126 Å². The molecule has 1 amide bonds. The standard InChI is InChI=1S/C16H25N3O2/c1-12-6-5-7-13(17)14(12)18-8-10-19(11-9-18)15(20)21-16(2,3)4/h5-7H,8-11,17H2,1-4H3. The molecule has 1 heterocycles. The Hall–Kier alpha value is -1.91. The number of hydrogen-bond donors (Lipinski definition) is 1. The van der Waals surface area contributed by atoms with E-state index in [1.165, 1.54) is 5.56 Å². The van der Waals surface area contributed by atoms with Crippen LogP contribution in [0.1, 0.15) is 26.3 Å². The summed E-state index contributed by atoms with van der Waals surface area (Å²) >= 11 is 0. The van der Waals surface area contributed by atoms with Crippen molar-refractivity contribution in [1.82, 2.24) is 4.90 Å². The van der Waals surface area contributed by atoms with Crippen LogP contribution in [0.3, 0.4) is 0 Å². The summed E-state index contributed by atoms with van der Waals surface area (Å²) in [5, 5.41) is 0. The largest absolute Gasteiger partial charge is 0.444 e. The molecule has 1 fully saturated rings. The van der Waals surface area contributed by atoms with E-state index >= 15 is 0 Å². The third kappa shape index (κ3) is 3.80. The summed E-state index contributed by atoms with van der Waals surface area (Å²) in [6.45, 7) is 10.6. The van der Waals surface area contributed by atoms with E-state index in [-0.39, 0.29) is 6.09 Å². The average Bonchev–Trinajstić information content (AvgIpc) is 2.37. The molecule has 2 N–H and O–H groups in total. The Morgan fingerprint density at radius 2 is 1.81 bits per heavy atom. The molecule has 21 heavy (non-hydrogen) atoms. The van der Waals surface area contributed by atoms with Crippen LogP contribution in [0.25, 0.3) is 0 Å². The van der Waals surface area contributed by atoms with Gasteiger partial charge in [0.15, 0.2) is 0 Å². The van der Waals surface area contributed by atoms with Crippen molar-refractivity contribution < 1.29 is 9.53 Å². The lowest BCUT2D eigenvalue weighted by Gasteiger charge is -2.37. The van der Waals surface area contributed by atoms with E-state index in [0.29, 0.717) is 13.1 Å². The van der Waals surface area contributed by atoms with Crippen molar-refractivity contribution in [1.29, 1.82) is 0 Å². The summed E-state index contributed by atoms with van der Waals surface area (Å²) in [6.07, 6.45) is -0.236. The van der Waals surface area contributed by atoms with Gasteiger partial charge in [-0.25, -0.2) is 4.79 Å². The van der Waals surface area contributed by atoms with Gasteiger partial charge in [0.2, 0.25) is 0 Å². The fourth-order valence-electron chi connectivity index (χ4n) is 2.55. The summed E-state index contributed by atoms with van der Waals surface area (Å²) < 4.78 is 5.41. The quantitative estimate of drug-likeness (QED) is 0.808. The lowest BCUT2D eigenvalue weighted by Crippen LogP contribution is -2.50. The lowest BCUT2D eigenvalue weighted by molar-refractivity contribution is 0.0240. The molecular weight excluding hydrogens is 266 g/mol. The molecule has 1 aliphatic heterocycles. The van der Waals surface area contributed by atoms with Crippen LogP contribution in [0.5, 0.6) is 0 Å². The molecule has 1 saturated heterocycles. The highest BCUT2D eigenvalue weighted by Crippen LogP contribution is 2.28. The number of amides is 1. The Balaban J connectivity index is 1.99. The van der Waals surface area contributed by atoms with Crippen molar-refractivity contribution in [3.05, 3.63) is 23.8 Å². The van der Waals surface area contributed by atoms with Crippen molar-refractivity contribution >= 4 is 17.5 Å². The van der Waals surface area contributed by atoms with Gasteiger partial charge in [-0.15, -0.1) is 0 Å². The molecule has 116 valence electrons. The maximum Gasteiger partial charge on any atom is 0.410 e. The number of nitrogens with zero attached hydrogens (tertiary/aromatic N) is 2. The molecule has 0 unspecified atom stereocenters. The molecular formula is C16H25N3O2. The van der Waals surface area contributed by atoms with Gasteiger partial charge in [-0.1, -0.05) is 12.1 Å². The van der Waals surface area contributed by atoms with Crippen LogP contribution < -0.4 is 10.6 Å². The zero-order valence-electron chi connectivity index (χ0n) is 13.3. The summed E-state index contributed by atoms with van der Waals surface area (Å²) in [4.78, 5) is 16.1. The highest BCUT2D eigenvalue weighted by molar-refractivity contribution is 5.73. The van der Waals surface area contributed by atoms with E-state index in [2.05, 4.69) is 17.9 Å². The van der Waals surface area contributed by atoms with E-state index < -0.39 is 5.60 Å². The van der Waals surface area contributed by atoms with Crippen LogP contribution in [0.15, 0.2) is 18.2 Å². The number of ether oxygens (including phenoxy) is 1. The molecule has 0 atom stereocenters. The molecule has 0 aliphatic carbocycles. The fourth-order valence-corrected chi connectivity index (χ4v) is 2.55.